The molecular weight excluding hydrogens is 248 g/mol. The van der Waals surface area contributed by atoms with Crippen molar-refractivity contribution in [1.29, 1.82) is 0 Å². The number of carbonyl (C=O) groups excluding carboxylic acids is 1. The van der Waals surface area contributed by atoms with E-state index in [1.54, 1.807) is 0 Å². The zero-order valence-corrected chi connectivity index (χ0v) is 12.9. The summed E-state index contributed by atoms with van der Waals surface area (Å²) in [4.78, 5) is 14.5. The fraction of sp³-hybridized carbons (Fsp3) is 0.471. The summed E-state index contributed by atoms with van der Waals surface area (Å²) >= 11 is 0. The van der Waals surface area contributed by atoms with Crippen LogP contribution >= 0.6 is 0 Å². The molecule has 0 fully saturated rings. The Kier molecular flexibility index (Phi) is 4.17. The summed E-state index contributed by atoms with van der Waals surface area (Å²) in [6.07, 6.45) is 3.18. The fourth-order valence-electron chi connectivity index (χ4n) is 2.59. The van der Waals surface area contributed by atoms with E-state index in [1.165, 1.54) is 5.57 Å². The van der Waals surface area contributed by atoms with Gasteiger partial charge in [-0.2, -0.15) is 0 Å². The monoisotopic (exact) mass is 272 g/mol. The largest absolute Gasteiger partial charge is 0.387 e. The van der Waals surface area contributed by atoms with Crippen LogP contribution in [0, 0.1) is 5.41 Å². The van der Waals surface area contributed by atoms with Gasteiger partial charge in [-0.05, 0) is 24.0 Å². The summed E-state index contributed by atoms with van der Waals surface area (Å²) in [6.45, 7) is 8.20. The molecule has 1 aromatic carbocycles. The molecule has 3 nitrogen and oxygen atoms in total. The minimum Gasteiger partial charge on any atom is -0.387 e. The predicted molar refractivity (Wildman–Crippen MR) is 84.0 cm³/mol. The van der Waals surface area contributed by atoms with Gasteiger partial charge < -0.3 is 10.2 Å². The molecule has 0 radical (unpaired) electrons. The van der Waals surface area contributed by atoms with Crippen LogP contribution < -0.4 is 5.32 Å². The molecule has 0 atom stereocenters. The summed E-state index contributed by atoms with van der Waals surface area (Å²) in [5, 5.41) is 3.09. The van der Waals surface area contributed by atoms with Crippen molar-refractivity contribution in [3.05, 3.63) is 41.5 Å². The molecule has 0 aromatic heterocycles. The highest BCUT2D eigenvalue weighted by molar-refractivity contribution is 5.99. The molecule has 1 N–H and O–H groups in total. The standard InChI is InChI=1S/C17H24N2O/c1-17(2,3)13-9-11-19(12-10-13)16(20)14-7-5-6-8-15(14)18-4/h5-9,18H,10-12H2,1-4H3. The first-order chi connectivity index (χ1) is 9.43. The van der Waals surface area contributed by atoms with Crippen LogP contribution in [0.5, 0.6) is 0 Å². The van der Waals surface area contributed by atoms with Crippen LogP contribution in [0.25, 0.3) is 0 Å². The van der Waals surface area contributed by atoms with E-state index in [-0.39, 0.29) is 11.3 Å². The highest BCUT2D eigenvalue weighted by atomic mass is 16.2. The van der Waals surface area contributed by atoms with Gasteiger partial charge in [0.15, 0.2) is 0 Å². The van der Waals surface area contributed by atoms with E-state index >= 15 is 0 Å². The van der Waals surface area contributed by atoms with Gasteiger partial charge in [0.2, 0.25) is 0 Å². The second-order valence-electron chi connectivity index (χ2n) is 6.28. The molecule has 1 aliphatic rings. The third kappa shape index (κ3) is 3.03. The lowest BCUT2D eigenvalue weighted by Gasteiger charge is -2.32. The van der Waals surface area contributed by atoms with Gasteiger partial charge in [0.25, 0.3) is 5.91 Å². The number of amides is 1. The number of para-hydroxylation sites is 1. The number of hydrogen-bond donors (Lipinski definition) is 1. The molecular formula is C17H24N2O. The molecule has 0 spiro atoms. The third-order valence-corrected chi connectivity index (χ3v) is 3.89. The number of carbonyl (C=O) groups is 1. The second kappa shape index (κ2) is 5.70. The summed E-state index contributed by atoms with van der Waals surface area (Å²) in [5.74, 6) is 0.110. The molecule has 1 aliphatic heterocycles. The van der Waals surface area contributed by atoms with Crippen LogP contribution in [0.3, 0.4) is 0 Å². The van der Waals surface area contributed by atoms with Crippen LogP contribution in [-0.4, -0.2) is 30.9 Å². The first kappa shape index (κ1) is 14.6. The molecule has 0 bridgehead atoms. The van der Waals surface area contributed by atoms with Crippen LogP contribution in [0.1, 0.15) is 37.6 Å². The van der Waals surface area contributed by atoms with Crippen LogP contribution in [0.2, 0.25) is 0 Å². The number of hydrogen-bond acceptors (Lipinski definition) is 2. The van der Waals surface area contributed by atoms with E-state index in [4.69, 9.17) is 0 Å². The minimum atomic E-state index is 0.110. The zero-order valence-electron chi connectivity index (χ0n) is 12.9. The molecule has 1 aromatic rings. The number of rotatable bonds is 2. The van der Waals surface area contributed by atoms with Gasteiger partial charge in [-0.3, -0.25) is 4.79 Å². The Bertz CT molecular complexity index is 526. The van der Waals surface area contributed by atoms with Gasteiger partial charge in [-0.1, -0.05) is 44.6 Å². The Hall–Kier alpha value is -1.77. The van der Waals surface area contributed by atoms with Gasteiger partial charge in [-0.15, -0.1) is 0 Å². The Morgan fingerprint density at radius 3 is 2.50 bits per heavy atom. The Balaban J connectivity index is 2.15. The molecule has 1 amide bonds. The van der Waals surface area contributed by atoms with Crippen LogP contribution in [-0.2, 0) is 0 Å². The maximum atomic E-state index is 12.6. The quantitative estimate of drug-likeness (QED) is 0.835. The first-order valence-electron chi connectivity index (χ1n) is 7.19. The lowest BCUT2D eigenvalue weighted by molar-refractivity contribution is 0.0766. The molecule has 0 unspecified atom stereocenters. The molecule has 1 heterocycles. The molecule has 20 heavy (non-hydrogen) atoms. The minimum absolute atomic E-state index is 0.110. The van der Waals surface area contributed by atoms with E-state index < -0.39 is 0 Å². The van der Waals surface area contributed by atoms with Crippen molar-refractivity contribution < 1.29 is 4.79 Å². The molecule has 2 rings (SSSR count). The van der Waals surface area contributed by atoms with Crippen molar-refractivity contribution in [2.45, 2.75) is 27.2 Å². The Morgan fingerprint density at radius 1 is 1.25 bits per heavy atom. The molecule has 0 aliphatic carbocycles. The lowest BCUT2D eigenvalue weighted by atomic mass is 9.83. The van der Waals surface area contributed by atoms with Crippen molar-refractivity contribution in [3.8, 4) is 0 Å². The molecule has 108 valence electrons. The van der Waals surface area contributed by atoms with Gasteiger partial charge in [-0.25, -0.2) is 0 Å². The molecule has 3 heteroatoms. The summed E-state index contributed by atoms with van der Waals surface area (Å²) in [5.41, 5.74) is 3.30. The SMILES string of the molecule is CNc1ccccc1C(=O)N1CC=C(C(C)(C)C)CC1. The van der Waals surface area contributed by atoms with Crippen molar-refractivity contribution in [1.82, 2.24) is 4.90 Å². The van der Waals surface area contributed by atoms with Gasteiger partial charge in [0, 0.05) is 25.8 Å². The van der Waals surface area contributed by atoms with Gasteiger partial charge in [0.05, 0.1) is 5.56 Å². The van der Waals surface area contributed by atoms with E-state index in [1.807, 2.05) is 36.2 Å². The van der Waals surface area contributed by atoms with Crippen molar-refractivity contribution in [2.75, 3.05) is 25.5 Å². The van der Waals surface area contributed by atoms with Gasteiger partial charge >= 0.3 is 0 Å². The number of benzene rings is 1. The molecule has 0 saturated carbocycles. The summed E-state index contributed by atoms with van der Waals surface area (Å²) in [7, 11) is 1.85. The maximum Gasteiger partial charge on any atom is 0.256 e. The zero-order chi connectivity index (χ0) is 14.8. The van der Waals surface area contributed by atoms with E-state index in [9.17, 15) is 4.79 Å². The fourth-order valence-corrected chi connectivity index (χ4v) is 2.59. The highest BCUT2D eigenvalue weighted by Crippen LogP contribution is 2.30. The average Bonchev–Trinajstić information content (AvgIpc) is 2.45. The summed E-state index contributed by atoms with van der Waals surface area (Å²) < 4.78 is 0. The van der Waals surface area contributed by atoms with Crippen LogP contribution in [0.4, 0.5) is 5.69 Å². The van der Waals surface area contributed by atoms with Crippen molar-refractivity contribution >= 4 is 11.6 Å². The van der Waals surface area contributed by atoms with Crippen molar-refractivity contribution in [2.24, 2.45) is 5.41 Å². The van der Waals surface area contributed by atoms with E-state index in [2.05, 4.69) is 32.2 Å². The smallest absolute Gasteiger partial charge is 0.256 e. The first-order valence-corrected chi connectivity index (χ1v) is 7.19. The Labute approximate surface area is 121 Å². The topological polar surface area (TPSA) is 32.3 Å². The summed E-state index contributed by atoms with van der Waals surface area (Å²) in [6, 6.07) is 7.68. The Morgan fingerprint density at radius 2 is 1.95 bits per heavy atom. The van der Waals surface area contributed by atoms with Gasteiger partial charge in [0.1, 0.15) is 0 Å². The third-order valence-electron chi connectivity index (χ3n) is 3.89. The van der Waals surface area contributed by atoms with E-state index in [0.29, 0.717) is 6.54 Å². The van der Waals surface area contributed by atoms with Crippen LogP contribution in [0.15, 0.2) is 35.9 Å². The number of nitrogens with one attached hydrogen (secondary N) is 1. The maximum absolute atomic E-state index is 12.6. The average molecular weight is 272 g/mol. The second-order valence-corrected chi connectivity index (χ2v) is 6.28. The lowest BCUT2D eigenvalue weighted by Crippen LogP contribution is -2.36. The normalized spacial score (nSPS) is 15.8. The number of nitrogens with zero attached hydrogens (tertiary/aromatic N) is 1. The highest BCUT2D eigenvalue weighted by Gasteiger charge is 2.24. The molecule has 0 saturated heterocycles. The predicted octanol–water partition coefficient (Wildman–Crippen LogP) is 3.55. The number of anilines is 1. The van der Waals surface area contributed by atoms with Crippen molar-refractivity contribution in [3.63, 3.8) is 0 Å². The van der Waals surface area contributed by atoms with E-state index in [0.717, 1.165) is 24.2 Å².